The number of benzene rings is 1. The maximum absolute atomic E-state index is 11.6. The Labute approximate surface area is 96.3 Å². The minimum absolute atomic E-state index is 0. The van der Waals surface area contributed by atoms with Gasteiger partial charge in [-0.1, -0.05) is 19.1 Å². The predicted molar refractivity (Wildman–Crippen MR) is 63.6 cm³/mol. The molecule has 1 aromatic carbocycles. The highest BCUT2D eigenvalue weighted by atomic mass is 35.5. The zero-order valence-electron chi connectivity index (χ0n) is 8.43. The number of para-hydroxylation sites is 1. The van der Waals surface area contributed by atoms with Crippen LogP contribution in [0.3, 0.4) is 0 Å². The van der Waals surface area contributed by atoms with Crippen molar-refractivity contribution in [3.63, 3.8) is 0 Å². The molecule has 0 atom stereocenters. The first-order chi connectivity index (χ1) is 6.58. The van der Waals surface area contributed by atoms with Crippen LogP contribution in [0.15, 0.2) is 29.2 Å². The quantitative estimate of drug-likeness (QED) is 0.793. The van der Waals surface area contributed by atoms with Gasteiger partial charge in [0.25, 0.3) is 0 Å². The molecule has 0 bridgehead atoms. The van der Waals surface area contributed by atoms with Gasteiger partial charge in [-0.3, -0.25) is 0 Å². The van der Waals surface area contributed by atoms with Crippen LogP contribution in [0.4, 0.5) is 5.69 Å². The third kappa shape index (κ3) is 3.70. The Bertz CT molecular complexity index is 406. The summed E-state index contributed by atoms with van der Waals surface area (Å²) in [4.78, 5) is 0.147. The lowest BCUT2D eigenvalue weighted by molar-refractivity contribution is 0.581. The van der Waals surface area contributed by atoms with Crippen molar-refractivity contribution in [3.8, 4) is 0 Å². The summed E-state index contributed by atoms with van der Waals surface area (Å²) in [6.45, 7) is 2.33. The zero-order chi connectivity index (χ0) is 10.6. The number of nitrogen functional groups attached to an aromatic ring is 1. The number of sulfonamides is 1. The van der Waals surface area contributed by atoms with Crippen molar-refractivity contribution < 1.29 is 8.42 Å². The molecule has 0 saturated heterocycles. The summed E-state index contributed by atoms with van der Waals surface area (Å²) in [6, 6.07) is 6.42. The van der Waals surface area contributed by atoms with E-state index in [-0.39, 0.29) is 23.0 Å². The lowest BCUT2D eigenvalue weighted by Crippen LogP contribution is -2.25. The molecule has 0 aliphatic heterocycles. The molecule has 0 aliphatic rings. The standard InChI is InChI=1S/C9H14N2O2S.ClH/c1-2-7-11-14(12,13)9-6-4-3-5-8(9)10;/h3-6,11H,2,7,10H2,1H3;1H. The molecule has 3 N–H and O–H groups in total. The van der Waals surface area contributed by atoms with Gasteiger partial charge in [0.15, 0.2) is 0 Å². The molecule has 1 aromatic rings. The van der Waals surface area contributed by atoms with Crippen molar-refractivity contribution >= 4 is 28.1 Å². The van der Waals surface area contributed by atoms with Crippen molar-refractivity contribution in [1.82, 2.24) is 4.72 Å². The summed E-state index contributed by atoms with van der Waals surface area (Å²) < 4.78 is 25.7. The molecule has 86 valence electrons. The maximum Gasteiger partial charge on any atom is 0.242 e. The van der Waals surface area contributed by atoms with Crippen molar-refractivity contribution in [2.75, 3.05) is 12.3 Å². The molecule has 0 aliphatic carbocycles. The van der Waals surface area contributed by atoms with E-state index in [9.17, 15) is 8.42 Å². The van der Waals surface area contributed by atoms with E-state index >= 15 is 0 Å². The summed E-state index contributed by atoms with van der Waals surface area (Å²) in [6.07, 6.45) is 0.756. The van der Waals surface area contributed by atoms with E-state index in [1.807, 2.05) is 6.92 Å². The van der Waals surface area contributed by atoms with Gasteiger partial charge in [-0.05, 0) is 18.6 Å². The monoisotopic (exact) mass is 250 g/mol. The van der Waals surface area contributed by atoms with Crippen molar-refractivity contribution in [2.24, 2.45) is 0 Å². The van der Waals surface area contributed by atoms with Crippen molar-refractivity contribution in [3.05, 3.63) is 24.3 Å². The normalized spacial score (nSPS) is 10.7. The van der Waals surface area contributed by atoms with Gasteiger partial charge in [0.1, 0.15) is 4.90 Å². The van der Waals surface area contributed by atoms with Gasteiger partial charge in [-0.25, -0.2) is 13.1 Å². The summed E-state index contributed by atoms with van der Waals surface area (Å²) >= 11 is 0. The fraction of sp³-hybridized carbons (Fsp3) is 0.333. The van der Waals surface area contributed by atoms with Gasteiger partial charge in [0, 0.05) is 6.54 Å². The van der Waals surface area contributed by atoms with E-state index in [1.165, 1.54) is 6.07 Å². The molecular formula is C9H15ClN2O2S. The molecule has 0 spiro atoms. The Hall–Kier alpha value is -0.780. The number of hydrogen-bond donors (Lipinski definition) is 2. The van der Waals surface area contributed by atoms with Crippen LogP contribution in [0, 0.1) is 0 Å². The van der Waals surface area contributed by atoms with E-state index in [0.717, 1.165) is 6.42 Å². The molecule has 0 unspecified atom stereocenters. The van der Waals surface area contributed by atoms with Crippen LogP contribution in [-0.4, -0.2) is 15.0 Å². The average Bonchev–Trinajstić information content (AvgIpc) is 2.15. The average molecular weight is 251 g/mol. The Balaban J connectivity index is 0.00000196. The fourth-order valence-corrected chi connectivity index (χ4v) is 2.30. The molecular weight excluding hydrogens is 236 g/mol. The first kappa shape index (κ1) is 14.2. The second kappa shape index (κ2) is 5.95. The van der Waals surface area contributed by atoms with Gasteiger partial charge in [0.2, 0.25) is 10.0 Å². The Morgan fingerprint density at radius 3 is 2.47 bits per heavy atom. The van der Waals surface area contributed by atoms with E-state index in [2.05, 4.69) is 4.72 Å². The number of nitrogens with one attached hydrogen (secondary N) is 1. The van der Waals surface area contributed by atoms with Gasteiger partial charge in [0.05, 0.1) is 5.69 Å². The SMILES string of the molecule is CCCNS(=O)(=O)c1ccccc1N.Cl. The number of halogens is 1. The summed E-state index contributed by atoms with van der Waals surface area (Å²) in [5, 5.41) is 0. The smallest absolute Gasteiger partial charge is 0.242 e. The van der Waals surface area contributed by atoms with Gasteiger partial charge >= 0.3 is 0 Å². The third-order valence-electron chi connectivity index (χ3n) is 1.75. The number of nitrogens with two attached hydrogens (primary N) is 1. The second-order valence-electron chi connectivity index (χ2n) is 2.94. The topological polar surface area (TPSA) is 72.2 Å². The highest BCUT2D eigenvalue weighted by molar-refractivity contribution is 7.89. The molecule has 15 heavy (non-hydrogen) atoms. The minimum Gasteiger partial charge on any atom is -0.398 e. The number of anilines is 1. The van der Waals surface area contributed by atoms with Crippen molar-refractivity contribution in [1.29, 1.82) is 0 Å². The van der Waals surface area contributed by atoms with Crippen LogP contribution in [-0.2, 0) is 10.0 Å². The van der Waals surface area contributed by atoms with Crippen LogP contribution in [0.1, 0.15) is 13.3 Å². The molecule has 0 radical (unpaired) electrons. The second-order valence-corrected chi connectivity index (χ2v) is 4.67. The molecule has 6 heteroatoms. The molecule has 0 amide bonds. The molecule has 0 saturated carbocycles. The van der Waals surface area contributed by atoms with Crippen LogP contribution in [0.25, 0.3) is 0 Å². The molecule has 0 fully saturated rings. The van der Waals surface area contributed by atoms with Gasteiger partial charge in [-0.2, -0.15) is 0 Å². The highest BCUT2D eigenvalue weighted by Gasteiger charge is 2.15. The summed E-state index contributed by atoms with van der Waals surface area (Å²) in [5.74, 6) is 0. The van der Waals surface area contributed by atoms with Crippen LogP contribution < -0.4 is 10.5 Å². The number of rotatable bonds is 4. The van der Waals surface area contributed by atoms with E-state index in [1.54, 1.807) is 18.2 Å². The van der Waals surface area contributed by atoms with E-state index in [4.69, 9.17) is 5.73 Å². The van der Waals surface area contributed by atoms with Gasteiger partial charge in [-0.15, -0.1) is 12.4 Å². The molecule has 1 rings (SSSR count). The summed E-state index contributed by atoms with van der Waals surface area (Å²) in [7, 11) is -3.43. The summed E-state index contributed by atoms with van der Waals surface area (Å²) in [5.41, 5.74) is 5.83. The fourth-order valence-electron chi connectivity index (χ4n) is 1.04. The minimum atomic E-state index is -3.43. The highest BCUT2D eigenvalue weighted by Crippen LogP contribution is 2.16. The third-order valence-corrected chi connectivity index (χ3v) is 3.29. The first-order valence-electron chi connectivity index (χ1n) is 4.42. The Morgan fingerprint density at radius 2 is 1.93 bits per heavy atom. The predicted octanol–water partition coefficient (Wildman–Crippen LogP) is 1.38. The maximum atomic E-state index is 11.6. The molecule has 0 heterocycles. The lowest BCUT2D eigenvalue weighted by Gasteiger charge is -2.07. The lowest BCUT2D eigenvalue weighted by atomic mass is 10.3. The largest absolute Gasteiger partial charge is 0.398 e. The van der Waals surface area contributed by atoms with E-state index < -0.39 is 10.0 Å². The van der Waals surface area contributed by atoms with E-state index in [0.29, 0.717) is 6.54 Å². The molecule has 0 aromatic heterocycles. The van der Waals surface area contributed by atoms with Crippen LogP contribution >= 0.6 is 12.4 Å². The first-order valence-corrected chi connectivity index (χ1v) is 5.90. The van der Waals surface area contributed by atoms with Gasteiger partial charge < -0.3 is 5.73 Å². The van der Waals surface area contributed by atoms with Crippen LogP contribution in [0.5, 0.6) is 0 Å². The van der Waals surface area contributed by atoms with Crippen molar-refractivity contribution in [2.45, 2.75) is 18.2 Å². The molecule has 4 nitrogen and oxygen atoms in total. The zero-order valence-corrected chi connectivity index (χ0v) is 10.1. The Morgan fingerprint density at radius 1 is 1.33 bits per heavy atom. The number of hydrogen-bond acceptors (Lipinski definition) is 3. The van der Waals surface area contributed by atoms with Crippen LogP contribution in [0.2, 0.25) is 0 Å². The Kier molecular flexibility index (Phi) is 5.64.